The Morgan fingerprint density at radius 3 is 2.50 bits per heavy atom. The number of halogens is 1. The van der Waals surface area contributed by atoms with E-state index in [1.807, 2.05) is 0 Å². The van der Waals surface area contributed by atoms with Gasteiger partial charge in [0, 0.05) is 0 Å². The fourth-order valence-electron chi connectivity index (χ4n) is 2.05. The lowest BCUT2D eigenvalue weighted by Gasteiger charge is -2.06. The minimum Gasteiger partial charge on any atom is -0.390 e. The summed E-state index contributed by atoms with van der Waals surface area (Å²) < 4.78 is 30.3. The van der Waals surface area contributed by atoms with Crippen LogP contribution in [0.15, 0.2) is 18.6 Å². The molecule has 0 amide bonds. The Morgan fingerprint density at radius 1 is 1.12 bits per heavy atom. The summed E-state index contributed by atoms with van der Waals surface area (Å²) in [6.45, 7) is 2.35. The first-order valence-corrected chi connectivity index (χ1v) is 8.04. The molecule has 0 radical (unpaired) electrons. The second-order valence-electron chi connectivity index (χ2n) is 5.11. The number of rotatable bonds is 14. The minimum absolute atomic E-state index is 0.0912. The molecule has 11 nitrogen and oxygen atoms in total. The Labute approximate surface area is 148 Å². The van der Waals surface area contributed by atoms with E-state index in [0.717, 1.165) is 0 Å². The van der Waals surface area contributed by atoms with E-state index in [1.54, 1.807) is 10.9 Å². The molecule has 0 saturated heterocycles. The molecule has 0 saturated carbocycles. The highest BCUT2D eigenvalue weighted by molar-refractivity contribution is 5.09. The lowest BCUT2D eigenvalue weighted by molar-refractivity contribution is -0.396. The van der Waals surface area contributed by atoms with Crippen LogP contribution in [0.2, 0.25) is 0 Å². The van der Waals surface area contributed by atoms with Gasteiger partial charge in [-0.3, -0.25) is 0 Å². The van der Waals surface area contributed by atoms with Gasteiger partial charge in [0.25, 0.3) is 0 Å². The van der Waals surface area contributed by atoms with Gasteiger partial charge in [-0.15, -0.1) is 5.10 Å². The first-order valence-electron chi connectivity index (χ1n) is 8.04. The SMILES string of the molecule is O=[N+]([O-])c1nccn1Cc1cn(CCOCCOCCOCCF)nn1. The highest BCUT2D eigenvalue weighted by Gasteiger charge is 2.15. The quantitative estimate of drug-likeness (QED) is 0.266. The van der Waals surface area contributed by atoms with E-state index in [-0.39, 0.29) is 19.1 Å². The molecular weight excluding hydrogens is 351 g/mol. The van der Waals surface area contributed by atoms with Crippen LogP contribution in [0.3, 0.4) is 0 Å². The Hall–Kier alpha value is -2.44. The van der Waals surface area contributed by atoms with Crippen molar-refractivity contribution in [3.63, 3.8) is 0 Å². The Kier molecular flexibility index (Phi) is 8.59. The number of hydrogen-bond donors (Lipinski definition) is 0. The molecule has 12 heteroatoms. The van der Waals surface area contributed by atoms with Crippen molar-refractivity contribution in [2.45, 2.75) is 13.1 Å². The maximum atomic E-state index is 11.8. The highest BCUT2D eigenvalue weighted by atomic mass is 19.1. The average molecular weight is 372 g/mol. The largest absolute Gasteiger partial charge is 0.434 e. The Balaban J connectivity index is 1.59. The van der Waals surface area contributed by atoms with Gasteiger partial charge in [0.1, 0.15) is 31.3 Å². The normalized spacial score (nSPS) is 11.1. The van der Waals surface area contributed by atoms with Crippen molar-refractivity contribution < 1.29 is 23.5 Å². The fraction of sp³-hybridized carbons (Fsp3) is 0.643. The molecule has 0 aromatic carbocycles. The first kappa shape index (κ1) is 19.9. The summed E-state index contributed by atoms with van der Waals surface area (Å²) in [5.41, 5.74) is 0.586. The molecule has 2 aromatic rings. The summed E-state index contributed by atoms with van der Waals surface area (Å²) in [5.74, 6) is -0.238. The van der Waals surface area contributed by atoms with Gasteiger partial charge in [-0.25, -0.2) is 13.6 Å². The molecule has 26 heavy (non-hydrogen) atoms. The van der Waals surface area contributed by atoms with Crippen LogP contribution < -0.4 is 0 Å². The van der Waals surface area contributed by atoms with Crippen molar-refractivity contribution in [2.75, 3.05) is 46.3 Å². The summed E-state index contributed by atoms with van der Waals surface area (Å²) in [5, 5.41) is 18.8. The van der Waals surface area contributed by atoms with E-state index in [1.165, 1.54) is 17.0 Å². The lowest BCUT2D eigenvalue weighted by Crippen LogP contribution is -2.12. The number of nitrogens with zero attached hydrogens (tertiary/aromatic N) is 6. The average Bonchev–Trinajstić information content (AvgIpc) is 3.26. The molecule has 0 aliphatic heterocycles. The second kappa shape index (κ2) is 11.2. The van der Waals surface area contributed by atoms with Crippen LogP contribution in [-0.4, -0.2) is 75.8 Å². The van der Waals surface area contributed by atoms with Crippen LogP contribution in [0.25, 0.3) is 0 Å². The van der Waals surface area contributed by atoms with E-state index in [2.05, 4.69) is 15.3 Å². The number of alkyl halides is 1. The summed E-state index contributed by atoms with van der Waals surface area (Å²) in [7, 11) is 0. The summed E-state index contributed by atoms with van der Waals surface area (Å²) in [4.78, 5) is 14.0. The number of imidazole rings is 1. The molecule has 0 fully saturated rings. The van der Waals surface area contributed by atoms with E-state index >= 15 is 0 Å². The van der Waals surface area contributed by atoms with Gasteiger partial charge in [-0.2, -0.15) is 0 Å². The zero-order valence-corrected chi connectivity index (χ0v) is 14.2. The molecule has 0 bridgehead atoms. The summed E-state index contributed by atoms with van der Waals surface area (Å²) in [6, 6.07) is 0. The van der Waals surface area contributed by atoms with Gasteiger partial charge in [-0.1, -0.05) is 10.2 Å². The van der Waals surface area contributed by atoms with Crippen LogP contribution in [0.1, 0.15) is 5.69 Å². The van der Waals surface area contributed by atoms with Crippen LogP contribution >= 0.6 is 0 Å². The molecule has 144 valence electrons. The van der Waals surface area contributed by atoms with E-state index in [9.17, 15) is 14.5 Å². The van der Waals surface area contributed by atoms with Crippen LogP contribution in [0, 0.1) is 10.1 Å². The van der Waals surface area contributed by atoms with Crippen molar-refractivity contribution in [1.82, 2.24) is 24.5 Å². The van der Waals surface area contributed by atoms with Crippen molar-refractivity contribution in [1.29, 1.82) is 0 Å². The van der Waals surface area contributed by atoms with Gasteiger partial charge >= 0.3 is 5.95 Å². The number of nitro groups is 1. The van der Waals surface area contributed by atoms with Crippen molar-refractivity contribution in [3.05, 3.63) is 34.4 Å². The maximum Gasteiger partial charge on any atom is 0.434 e. The van der Waals surface area contributed by atoms with Crippen LogP contribution in [0.5, 0.6) is 0 Å². The topological polar surface area (TPSA) is 119 Å². The molecule has 0 unspecified atom stereocenters. The van der Waals surface area contributed by atoms with Gasteiger partial charge < -0.3 is 24.3 Å². The van der Waals surface area contributed by atoms with E-state index in [0.29, 0.717) is 45.3 Å². The molecular formula is C14H21FN6O5. The molecule has 0 atom stereocenters. The van der Waals surface area contributed by atoms with Crippen LogP contribution in [-0.2, 0) is 27.3 Å². The highest BCUT2D eigenvalue weighted by Crippen LogP contribution is 2.09. The Morgan fingerprint density at radius 2 is 1.81 bits per heavy atom. The molecule has 2 heterocycles. The summed E-state index contributed by atoms with van der Waals surface area (Å²) >= 11 is 0. The molecule has 0 N–H and O–H groups in total. The van der Waals surface area contributed by atoms with Crippen molar-refractivity contribution >= 4 is 5.95 Å². The van der Waals surface area contributed by atoms with E-state index in [4.69, 9.17) is 14.2 Å². The Bertz CT molecular complexity index is 664. The monoisotopic (exact) mass is 372 g/mol. The number of hydrogen-bond acceptors (Lipinski definition) is 8. The van der Waals surface area contributed by atoms with Gasteiger partial charge in [0.15, 0.2) is 0 Å². The zero-order chi connectivity index (χ0) is 18.6. The maximum absolute atomic E-state index is 11.8. The lowest BCUT2D eigenvalue weighted by atomic mass is 10.4. The van der Waals surface area contributed by atoms with E-state index < -0.39 is 11.6 Å². The van der Waals surface area contributed by atoms with Gasteiger partial charge in [0.2, 0.25) is 0 Å². The third kappa shape index (κ3) is 6.82. The minimum atomic E-state index is -0.548. The fourth-order valence-corrected chi connectivity index (χ4v) is 2.05. The molecule has 0 spiro atoms. The summed E-state index contributed by atoms with van der Waals surface area (Å²) in [6.07, 6.45) is 4.58. The third-order valence-electron chi connectivity index (χ3n) is 3.21. The predicted molar refractivity (Wildman–Crippen MR) is 86.4 cm³/mol. The number of ether oxygens (including phenoxy) is 3. The first-order chi connectivity index (χ1) is 12.7. The van der Waals surface area contributed by atoms with Crippen molar-refractivity contribution in [2.24, 2.45) is 0 Å². The van der Waals surface area contributed by atoms with Gasteiger partial charge in [-0.05, 0) is 4.92 Å². The number of aromatic nitrogens is 5. The van der Waals surface area contributed by atoms with Crippen LogP contribution in [0.4, 0.5) is 10.3 Å². The predicted octanol–water partition coefficient (Wildman–Crippen LogP) is 0.450. The molecule has 2 aromatic heterocycles. The smallest absolute Gasteiger partial charge is 0.390 e. The zero-order valence-electron chi connectivity index (χ0n) is 14.2. The van der Waals surface area contributed by atoms with Gasteiger partial charge in [0.05, 0.1) is 52.4 Å². The van der Waals surface area contributed by atoms with Crippen molar-refractivity contribution in [3.8, 4) is 0 Å². The molecule has 0 aliphatic rings. The third-order valence-corrected chi connectivity index (χ3v) is 3.21. The standard InChI is InChI=1S/C14H21FN6O5/c15-1-5-24-7-9-26-10-8-25-6-4-20-12-13(17-18-20)11-19-3-2-16-14(19)21(22)23/h2-3,12H,1,4-11H2. The molecule has 0 aliphatic carbocycles. The second-order valence-corrected chi connectivity index (χ2v) is 5.11. The molecule has 2 rings (SSSR count).